The first-order chi connectivity index (χ1) is 17.6. The molecule has 0 aromatic rings. The van der Waals surface area contributed by atoms with Crippen LogP contribution in [-0.2, 0) is 19.1 Å². The van der Waals surface area contributed by atoms with E-state index in [1.807, 2.05) is 0 Å². The van der Waals surface area contributed by atoms with E-state index in [4.69, 9.17) is 9.47 Å². The molecule has 4 nitrogen and oxygen atoms in total. The lowest BCUT2D eigenvalue weighted by atomic mass is 10.1. The van der Waals surface area contributed by atoms with E-state index in [1.165, 1.54) is 89.9 Å². The Hall–Kier alpha value is -1.06. The van der Waals surface area contributed by atoms with E-state index in [0.29, 0.717) is 26.1 Å². The average Bonchev–Trinajstić information content (AvgIpc) is 2.88. The van der Waals surface area contributed by atoms with Gasteiger partial charge >= 0.3 is 11.9 Å². The molecule has 0 saturated carbocycles. The lowest BCUT2D eigenvalue weighted by molar-refractivity contribution is -0.146. The normalized spacial score (nSPS) is 10.6. The highest BCUT2D eigenvalue weighted by atomic mass is 16.5. The van der Waals surface area contributed by atoms with Gasteiger partial charge in [0.1, 0.15) is 0 Å². The Morgan fingerprint density at radius 3 is 1.00 bits per heavy atom. The maximum Gasteiger partial charge on any atom is 0.305 e. The molecule has 0 atom stereocenters. The summed E-state index contributed by atoms with van der Waals surface area (Å²) in [6.45, 7) is 12.4. The highest BCUT2D eigenvalue weighted by Gasteiger charge is 2.05. The summed E-state index contributed by atoms with van der Waals surface area (Å²) in [5, 5.41) is 0. The molecule has 0 saturated heterocycles. The minimum Gasteiger partial charge on any atom is -0.466 e. The van der Waals surface area contributed by atoms with Crippen molar-refractivity contribution in [3.8, 4) is 0 Å². The molecular weight excluding hydrogens is 448 g/mol. The maximum atomic E-state index is 11.7. The van der Waals surface area contributed by atoms with Crippen LogP contribution >= 0.6 is 0 Å². The smallest absolute Gasteiger partial charge is 0.305 e. The third kappa shape index (κ3) is 35.1. The second-order valence-electron chi connectivity index (χ2n) is 10.0. The number of unbranched alkanes of at least 4 members (excludes halogenated alkanes) is 18. The summed E-state index contributed by atoms with van der Waals surface area (Å²) in [6, 6.07) is 0. The maximum absolute atomic E-state index is 11.7. The predicted octanol–water partition coefficient (Wildman–Crippen LogP) is 10.1. The minimum atomic E-state index is -0.0877. The third-order valence-corrected chi connectivity index (χ3v) is 6.28. The van der Waals surface area contributed by atoms with Crippen LogP contribution in [0.3, 0.4) is 0 Å². The van der Waals surface area contributed by atoms with Gasteiger partial charge in [-0.3, -0.25) is 9.59 Å². The van der Waals surface area contributed by atoms with Crippen molar-refractivity contribution in [2.75, 3.05) is 13.2 Å². The van der Waals surface area contributed by atoms with Crippen LogP contribution in [0.25, 0.3) is 0 Å². The minimum absolute atomic E-state index is 0.0877. The van der Waals surface area contributed by atoms with Crippen molar-refractivity contribution in [1.82, 2.24) is 0 Å². The number of ether oxygens (including phenoxy) is 2. The first-order valence-electron chi connectivity index (χ1n) is 15.5. The molecule has 0 aromatic carbocycles. The van der Waals surface area contributed by atoms with Crippen LogP contribution < -0.4 is 0 Å². The number of rotatable bonds is 26. The van der Waals surface area contributed by atoms with Gasteiger partial charge < -0.3 is 9.47 Å². The zero-order valence-corrected chi connectivity index (χ0v) is 24.4. The molecule has 214 valence electrons. The van der Waals surface area contributed by atoms with Gasteiger partial charge in [-0.2, -0.15) is 0 Å². The Morgan fingerprint density at radius 1 is 0.444 bits per heavy atom. The fourth-order valence-corrected chi connectivity index (χ4v) is 3.88. The number of carbonyl (C=O) groups is 2. The van der Waals surface area contributed by atoms with E-state index in [2.05, 4.69) is 27.7 Å². The molecule has 0 rings (SSSR count). The van der Waals surface area contributed by atoms with Crippen molar-refractivity contribution in [3.05, 3.63) is 13.8 Å². The van der Waals surface area contributed by atoms with E-state index < -0.39 is 0 Å². The molecule has 0 unspecified atom stereocenters. The third-order valence-electron chi connectivity index (χ3n) is 6.28. The zero-order chi connectivity index (χ0) is 27.0. The number of carbonyl (C=O) groups excluding carboxylic acids is 2. The van der Waals surface area contributed by atoms with Gasteiger partial charge in [0.25, 0.3) is 0 Å². The first kappa shape index (κ1) is 37.1. The molecule has 0 heterocycles. The highest BCUT2D eigenvalue weighted by Crippen LogP contribution is 2.12. The lowest BCUT2D eigenvalue weighted by Crippen LogP contribution is -2.08. The Labute approximate surface area is 226 Å². The van der Waals surface area contributed by atoms with Crippen molar-refractivity contribution in [3.63, 3.8) is 0 Å². The van der Waals surface area contributed by atoms with Gasteiger partial charge in [-0.25, -0.2) is 0 Å². The molecule has 36 heavy (non-hydrogen) atoms. The second-order valence-corrected chi connectivity index (χ2v) is 10.0. The van der Waals surface area contributed by atoms with Gasteiger partial charge in [0.2, 0.25) is 0 Å². The molecule has 0 amide bonds. The molecule has 4 heteroatoms. The van der Waals surface area contributed by atoms with Gasteiger partial charge in [0.15, 0.2) is 0 Å². The van der Waals surface area contributed by atoms with Crippen molar-refractivity contribution in [1.29, 1.82) is 0 Å². The van der Waals surface area contributed by atoms with Crippen LogP contribution in [0.5, 0.6) is 0 Å². The van der Waals surface area contributed by atoms with Crippen molar-refractivity contribution in [2.24, 2.45) is 0 Å². The Kier molecular flexibility index (Phi) is 35.0. The van der Waals surface area contributed by atoms with Gasteiger partial charge in [0.05, 0.1) is 13.2 Å². The molecule has 0 bridgehead atoms. The molecular formula is C32H62O4. The summed E-state index contributed by atoms with van der Waals surface area (Å²) in [6.07, 6.45) is 27.0. The van der Waals surface area contributed by atoms with Gasteiger partial charge in [0, 0.05) is 12.8 Å². The van der Waals surface area contributed by atoms with Gasteiger partial charge in [-0.15, -0.1) is 0 Å². The zero-order valence-electron chi connectivity index (χ0n) is 24.4. The van der Waals surface area contributed by atoms with Gasteiger partial charge in [-0.1, -0.05) is 143 Å². The summed E-state index contributed by atoms with van der Waals surface area (Å²) in [5.74, 6) is -0.175. The summed E-state index contributed by atoms with van der Waals surface area (Å²) >= 11 is 0. The second kappa shape index (κ2) is 33.9. The molecule has 0 aliphatic rings. The van der Waals surface area contributed by atoms with E-state index in [1.54, 1.807) is 0 Å². The van der Waals surface area contributed by atoms with E-state index >= 15 is 0 Å². The molecule has 0 fully saturated rings. The number of hydrogen-bond acceptors (Lipinski definition) is 4. The molecule has 2 radical (unpaired) electrons. The average molecular weight is 511 g/mol. The fourth-order valence-electron chi connectivity index (χ4n) is 3.88. The monoisotopic (exact) mass is 510 g/mol. The summed E-state index contributed by atoms with van der Waals surface area (Å²) in [4.78, 5) is 23.5. The topological polar surface area (TPSA) is 52.6 Å². The van der Waals surface area contributed by atoms with E-state index in [0.717, 1.165) is 51.4 Å². The Morgan fingerprint density at radius 2 is 0.722 bits per heavy atom. The molecule has 0 N–H and O–H groups in total. The SMILES string of the molecule is CCCCCCCCCCCC(=O)OCCCCOC(=O)CCCCCCCCCCC.[CH2]CC[CH2]. The van der Waals surface area contributed by atoms with E-state index in [9.17, 15) is 9.59 Å². The summed E-state index contributed by atoms with van der Waals surface area (Å²) in [5.41, 5.74) is 0. The van der Waals surface area contributed by atoms with Crippen LogP contribution in [0.2, 0.25) is 0 Å². The first-order valence-corrected chi connectivity index (χ1v) is 15.5. The Bertz CT molecular complexity index is 396. The standard InChI is InChI=1S/C28H54O4.C4H8/c1-3-5-7-9-11-13-15-17-19-23-27(29)31-25-21-22-26-32-28(30)24-20-18-16-14-12-10-8-6-4-2;1-3-4-2/h3-26H2,1-2H3;1-4H2. The summed E-state index contributed by atoms with van der Waals surface area (Å²) in [7, 11) is 0. The summed E-state index contributed by atoms with van der Waals surface area (Å²) < 4.78 is 10.5. The molecule has 0 aliphatic heterocycles. The molecule has 0 aromatic heterocycles. The predicted molar refractivity (Wildman–Crippen MR) is 155 cm³/mol. The lowest BCUT2D eigenvalue weighted by Gasteiger charge is -2.07. The van der Waals surface area contributed by atoms with Crippen molar-refractivity contribution >= 4 is 11.9 Å². The largest absolute Gasteiger partial charge is 0.466 e. The highest BCUT2D eigenvalue weighted by molar-refractivity contribution is 5.69. The number of esters is 2. The van der Waals surface area contributed by atoms with Gasteiger partial charge in [-0.05, 0) is 25.7 Å². The molecule has 0 spiro atoms. The van der Waals surface area contributed by atoms with Crippen molar-refractivity contribution in [2.45, 2.75) is 168 Å². The molecule has 0 aliphatic carbocycles. The van der Waals surface area contributed by atoms with Crippen LogP contribution in [-0.4, -0.2) is 25.2 Å². The van der Waals surface area contributed by atoms with Crippen LogP contribution in [0.15, 0.2) is 0 Å². The van der Waals surface area contributed by atoms with Crippen LogP contribution in [0, 0.1) is 13.8 Å². The number of hydrogen-bond donors (Lipinski definition) is 0. The van der Waals surface area contributed by atoms with Crippen LogP contribution in [0.1, 0.15) is 168 Å². The quantitative estimate of drug-likeness (QED) is 0.0857. The van der Waals surface area contributed by atoms with Crippen molar-refractivity contribution < 1.29 is 19.1 Å². The van der Waals surface area contributed by atoms with Crippen LogP contribution in [0.4, 0.5) is 0 Å². The Balaban J connectivity index is 0. The van der Waals surface area contributed by atoms with E-state index in [-0.39, 0.29) is 11.9 Å². The fraction of sp³-hybridized carbons (Fsp3) is 0.875.